The molecule has 0 saturated carbocycles. The van der Waals surface area contributed by atoms with Crippen molar-refractivity contribution in [2.45, 2.75) is 0 Å². The van der Waals surface area contributed by atoms with E-state index >= 15 is 0 Å². The Morgan fingerprint density at radius 1 is 1.44 bits per heavy atom. The number of hydrogen-bond acceptors (Lipinski definition) is 4. The lowest BCUT2D eigenvalue weighted by Crippen LogP contribution is -2.34. The highest BCUT2D eigenvalue weighted by molar-refractivity contribution is 14.1. The maximum atomic E-state index is 11.3. The van der Waals surface area contributed by atoms with Crippen molar-refractivity contribution in [1.82, 2.24) is 5.32 Å². The molecule has 16 heavy (non-hydrogen) atoms. The molecule has 7 nitrogen and oxygen atoms in total. The molecule has 1 rings (SSSR count). The number of anilines is 1. The van der Waals surface area contributed by atoms with Gasteiger partial charge < -0.3 is 5.73 Å². The minimum Gasteiger partial charge on any atom is -0.351 e. The first-order valence-electron chi connectivity index (χ1n) is 4.02. The summed E-state index contributed by atoms with van der Waals surface area (Å²) in [5, 5.41) is 11.0. The van der Waals surface area contributed by atoms with E-state index < -0.39 is 33.4 Å². The fourth-order valence-electron chi connectivity index (χ4n) is 0.986. The summed E-state index contributed by atoms with van der Waals surface area (Å²) in [6, 6.07) is 4.70. The molecule has 0 aliphatic rings. The predicted molar refractivity (Wildman–Crippen MR) is 62.5 cm³/mol. The van der Waals surface area contributed by atoms with Crippen molar-refractivity contribution in [1.29, 1.82) is 0 Å². The van der Waals surface area contributed by atoms with Crippen molar-refractivity contribution in [2.75, 3.05) is 3.28 Å². The van der Waals surface area contributed by atoms with Gasteiger partial charge >= 0.3 is 6.03 Å². The average molecular weight is 337 g/mol. The first kappa shape index (κ1) is 12.5. The van der Waals surface area contributed by atoms with E-state index in [0.717, 1.165) is 0 Å². The van der Waals surface area contributed by atoms with Crippen molar-refractivity contribution in [3.63, 3.8) is 0 Å². The van der Waals surface area contributed by atoms with Crippen LogP contribution in [0.4, 0.5) is 10.5 Å². The van der Waals surface area contributed by atoms with Gasteiger partial charge in [-0.2, -0.15) is 3.28 Å². The van der Waals surface area contributed by atoms with Crippen LogP contribution < -0.4 is 14.3 Å². The number of amides is 3. The van der Waals surface area contributed by atoms with Gasteiger partial charge in [-0.1, -0.05) is 6.07 Å². The molecule has 0 bridgehead atoms. The highest BCUT2D eigenvalue weighted by Crippen LogP contribution is 2.19. The van der Waals surface area contributed by atoms with Gasteiger partial charge in [0.15, 0.2) is 0 Å². The summed E-state index contributed by atoms with van der Waals surface area (Å²) in [6.07, 6.45) is 0. The molecule has 0 atom stereocenters. The van der Waals surface area contributed by atoms with Crippen LogP contribution in [0.2, 0.25) is 0 Å². The Morgan fingerprint density at radius 2 is 2.12 bits per heavy atom. The fraction of sp³-hybridized carbons (Fsp3) is 0. The molecule has 3 amide bonds. The number of nitrogens with two attached hydrogens (primary N) is 1. The van der Waals surface area contributed by atoms with Crippen LogP contribution in [0.15, 0.2) is 24.3 Å². The molecule has 0 unspecified atom stereocenters. The van der Waals surface area contributed by atoms with Gasteiger partial charge in [-0.15, -0.1) is 0 Å². The van der Waals surface area contributed by atoms with Crippen LogP contribution in [0.5, 0.6) is 0 Å². The van der Waals surface area contributed by atoms with Crippen molar-refractivity contribution in [3.8, 4) is 0 Å². The summed E-state index contributed by atoms with van der Waals surface area (Å²) in [6.45, 7) is 0. The highest BCUT2D eigenvalue weighted by Gasteiger charge is 2.10. The second-order valence-electron chi connectivity index (χ2n) is 2.70. The molecule has 0 aromatic heterocycles. The summed E-state index contributed by atoms with van der Waals surface area (Å²) >= 11 is -1.77. The molecule has 0 aliphatic carbocycles. The number of halogens is 1. The number of nitrogens with zero attached hydrogens (tertiary/aromatic N) is 1. The molecule has 8 heteroatoms. The molecule has 1 aromatic carbocycles. The lowest BCUT2D eigenvalue weighted by Gasteiger charge is -2.08. The number of carbonyl (C=O) groups excluding carboxylic acids is 2. The van der Waals surface area contributed by atoms with E-state index in [-0.39, 0.29) is 11.3 Å². The van der Waals surface area contributed by atoms with Crippen LogP contribution >= 0.6 is 21.5 Å². The minimum absolute atomic E-state index is 0.132. The Hall–Kier alpha value is -1.55. The number of hydrogen-bond donors (Lipinski definition) is 3. The van der Waals surface area contributed by atoms with E-state index in [1.54, 1.807) is 0 Å². The molecule has 0 saturated heterocycles. The Bertz CT molecular complexity index is 437. The Morgan fingerprint density at radius 3 is 2.69 bits per heavy atom. The van der Waals surface area contributed by atoms with Crippen LogP contribution in [0.3, 0.4) is 0 Å². The van der Waals surface area contributed by atoms with Crippen LogP contribution in [0.1, 0.15) is 10.4 Å². The summed E-state index contributed by atoms with van der Waals surface area (Å²) in [5.74, 6) is -0.688. The number of benzene rings is 1. The minimum atomic E-state index is -1.77. The second kappa shape index (κ2) is 5.51. The molecule has 0 heterocycles. The van der Waals surface area contributed by atoms with Gasteiger partial charge in [-0.25, -0.2) is 7.86 Å². The highest BCUT2D eigenvalue weighted by atomic mass is 127. The maximum absolute atomic E-state index is 11.3. The SMILES string of the molecule is NC(=O)NC(=O)c1cccc(N(O)I=O)c1. The number of primary amides is 1. The number of carbonyl (C=O) groups is 2. The molecular formula is C8H8IN3O4. The quantitative estimate of drug-likeness (QED) is 0.431. The third-order valence-corrected chi connectivity index (χ3v) is 2.55. The number of imide groups is 1. The standard InChI is InChI=1S/C8H8IN3O4/c10-8(14)11-7(13)5-2-1-3-6(4-5)12(16)9-15/h1-4,16H,(H3,10,11,13,14). The molecule has 86 valence electrons. The maximum Gasteiger partial charge on any atom is 0.319 e. The number of rotatable bonds is 3. The Kier molecular flexibility index (Phi) is 4.31. The normalized spacial score (nSPS) is 9.56. The van der Waals surface area contributed by atoms with Crippen molar-refractivity contribution >= 4 is 39.1 Å². The molecule has 0 spiro atoms. The average Bonchev–Trinajstić information content (AvgIpc) is 2.27. The van der Waals surface area contributed by atoms with Crippen LogP contribution in [-0.2, 0) is 3.07 Å². The first-order chi connectivity index (χ1) is 7.54. The van der Waals surface area contributed by atoms with Crippen molar-refractivity contribution in [2.24, 2.45) is 5.73 Å². The lowest BCUT2D eigenvalue weighted by molar-refractivity contribution is 0.0966. The van der Waals surface area contributed by atoms with Crippen LogP contribution in [0.25, 0.3) is 0 Å². The van der Waals surface area contributed by atoms with E-state index in [0.29, 0.717) is 3.28 Å². The molecular weight excluding hydrogens is 329 g/mol. The zero-order valence-electron chi connectivity index (χ0n) is 7.88. The van der Waals surface area contributed by atoms with Gasteiger partial charge in [0.05, 0.1) is 5.69 Å². The van der Waals surface area contributed by atoms with Gasteiger partial charge in [0.1, 0.15) is 0 Å². The first-order valence-corrected chi connectivity index (χ1v) is 5.86. The van der Waals surface area contributed by atoms with E-state index in [2.05, 4.69) is 0 Å². The third kappa shape index (κ3) is 3.24. The van der Waals surface area contributed by atoms with Gasteiger partial charge in [-0.3, -0.25) is 15.3 Å². The monoisotopic (exact) mass is 337 g/mol. The Balaban J connectivity index is 2.94. The zero-order valence-corrected chi connectivity index (χ0v) is 10.0. The van der Waals surface area contributed by atoms with Gasteiger partial charge in [0.25, 0.3) is 27.4 Å². The largest absolute Gasteiger partial charge is 0.351 e. The van der Waals surface area contributed by atoms with E-state index in [1.165, 1.54) is 24.3 Å². The smallest absolute Gasteiger partial charge is 0.319 e. The van der Waals surface area contributed by atoms with E-state index in [9.17, 15) is 12.7 Å². The van der Waals surface area contributed by atoms with E-state index in [4.69, 9.17) is 10.9 Å². The zero-order chi connectivity index (χ0) is 12.1. The van der Waals surface area contributed by atoms with Gasteiger partial charge in [-0.05, 0) is 18.2 Å². The fourth-order valence-corrected chi connectivity index (χ4v) is 1.51. The van der Waals surface area contributed by atoms with Gasteiger partial charge in [0.2, 0.25) is 0 Å². The molecule has 4 N–H and O–H groups in total. The summed E-state index contributed by atoms with van der Waals surface area (Å²) in [4.78, 5) is 21.8. The lowest BCUT2D eigenvalue weighted by atomic mass is 10.2. The van der Waals surface area contributed by atoms with Crippen molar-refractivity contribution < 1.29 is 17.9 Å². The van der Waals surface area contributed by atoms with Crippen molar-refractivity contribution in [3.05, 3.63) is 29.8 Å². The predicted octanol–water partition coefficient (Wildman–Crippen LogP) is 0.922. The molecule has 1 aromatic rings. The van der Waals surface area contributed by atoms with E-state index in [1.807, 2.05) is 5.32 Å². The van der Waals surface area contributed by atoms with Crippen LogP contribution in [0, 0.1) is 0 Å². The molecule has 0 radical (unpaired) electrons. The third-order valence-electron chi connectivity index (χ3n) is 1.62. The van der Waals surface area contributed by atoms with Gasteiger partial charge in [0, 0.05) is 5.56 Å². The molecule has 0 fully saturated rings. The summed E-state index contributed by atoms with van der Waals surface area (Å²) in [5.41, 5.74) is 5.12. The Labute approximate surface area is 101 Å². The summed E-state index contributed by atoms with van der Waals surface area (Å²) in [7, 11) is 0. The van der Waals surface area contributed by atoms with Crippen LogP contribution in [-0.4, -0.2) is 17.1 Å². The number of urea groups is 1. The topological polar surface area (TPSA) is 113 Å². The number of nitrogens with one attached hydrogen (secondary N) is 1. The second-order valence-corrected chi connectivity index (χ2v) is 4.01. The molecule has 0 aliphatic heterocycles. The summed E-state index contributed by atoms with van der Waals surface area (Å²) < 4.78 is 11.0.